The molecule has 7 nitrogen and oxygen atoms in total. The van der Waals surface area contributed by atoms with Gasteiger partial charge in [-0.3, -0.25) is 18.7 Å². The van der Waals surface area contributed by atoms with E-state index in [-0.39, 0.29) is 37.0 Å². The first kappa shape index (κ1) is 21.4. The van der Waals surface area contributed by atoms with E-state index < -0.39 is 0 Å². The van der Waals surface area contributed by atoms with Gasteiger partial charge in [-0.25, -0.2) is 4.79 Å². The van der Waals surface area contributed by atoms with Gasteiger partial charge >= 0.3 is 5.69 Å². The van der Waals surface area contributed by atoms with Crippen LogP contribution in [-0.2, 0) is 29.1 Å². The first-order valence-electron chi connectivity index (χ1n) is 10.4. The molecule has 2 N–H and O–H groups in total. The monoisotopic (exact) mass is 408 g/mol. The van der Waals surface area contributed by atoms with Gasteiger partial charge in [-0.05, 0) is 36.6 Å². The Hall–Kier alpha value is -3.35. The van der Waals surface area contributed by atoms with E-state index in [9.17, 15) is 14.4 Å². The lowest BCUT2D eigenvalue weighted by Crippen LogP contribution is -2.34. The van der Waals surface area contributed by atoms with Crippen molar-refractivity contribution in [2.45, 2.75) is 46.2 Å². The van der Waals surface area contributed by atoms with E-state index in [4.69, 9.17) is 0 Å². The van der Waals surface area contributed by atoms with Crippen LogP contribution < -0.4 is 16.3 Å². The van der Waals surface area contributed by atoms with Crippen molar-refractivity contribution in [2.24, 2.45) is 0 Å². The molecule has 2 aromatic carbocycles. The highest BCUT2D eigenvalue weighted by molar-refractivity contribution is 5.95. The van der Waals surface area contributed by atoms with E-state index in [2.05, 4.69) is 10.6 Å². The van der Waals surface area contributed by atoms with E-state index in [1.54, 1.807) is 9.13 Å². The third-order valence-corrected chi connectivity index (χ3v) is 5.05. The number of imidazole rings is 1. The molecule has 30 heavy (non-hydrogen) atoms. The average molecular weight is 409 g/mol. The summed E-state index contributed by atoms with van der Waals surface area (Å²) in [6, 6.07) is 15.2. The number of aromatic nitrogens is 2. The minimum Gasteiger partial charge on any atom is -0.347 e. The number of rotatable bonds is 9. The summed E-state index contributed by atoms with van der Waals surface area (Å²) in [5.74, 6) is -0.547. The van der Waals surface area contributed by atoms with Gasteiger partial charge in [0.05, 0.1) is 17.6 Å². The molecule has 0 saturated heterocycles. The lowest BCUT2D eigenvalue weighted by atomic mass is 10.1. The molecule has 3 aromatic rings. The van der Waals surface area contributed by atoms with E-state index in [1.807, 2.05) is 62.4 Å². The highest BCUT2D eigenvalue weighted by Gasteiger charge is 2.14. The number of nitrogens with one attached hydrogen (secondary N) is 2. The van der Waals surface area contributed by atoms with Gasteiger partial charge in [0.2, 0.25) is 11.8 Å². The van der Waals surface area contributed by atoms with Crippen molar-refractivity contribution >= 4 is 28.5 Å². The zero-order valence-corrected chi connectivity index (χ0v) is 17.5. The van der Waals surface area contributed by atoms with Gasteiger partial charge in [0.15, 0.2) is 0 Å². The zero-order valence-electron chi connectivity index (χ0n) is 17.5. The standard InChI is InChI=1S/C23H28N4O3/c1-3-14-26-19-11-7-8-12-20(19)27(23(26)30)15-13-21(28)24-16-22(29)25-18-10-6-5-9-17(18)4-2/h5-12H,3-4,13-16H2,1-2H3,(H,24,28)(H,25,29). The fourth-order valence-electron chi connectivity index (χ4n) is 3.55. The molecule has 7 heteroatoms. The second kappa shape index (κ2) is 9.91. The van der Waals surface area contributed by atoms with Crippen LogP contribution in [0.2, 0.25) is 0 Å². The van der Waals surface area contributed by atoms with E-state index in [0.29, 0.717) is 6.54 Å². The number of anilines is 1. The summed E-state index contributed by atoms with van der Waals surface area (Å²) in [4.78, 5) is 37.2. The molecule has 1 heterocycles. The molecular weight excluding hydrogens is 380 g/mol. The largest absolute Gasteiger partial charge is 0.347 e. The Labute approximate surface area is 175 Å². The molecule has 0 bridgehead atoms. The third-order valence-electron chi connectivity index (χ3n) is 5.05. The smallest absolute Gasteiger partial charge is 0.329 e. The van der Waals surface area contributed by atoms with Crippen molar-refractivity contribution < 1.29 is 9.59 Å². The maximum absolute atomic E-state index is 12.8. The van der Waals surface area contributed by atoms with Crippen LogP contribution in [-0.4, -0.2) is 27.5 Å². The Bertz CT molecular complexity index is 1100. The molecule has 0 aliphatic rings. The van der Waals surface area contributed by atoms with Gasteiger partial charge in [0.1, 0.15) is 0 Å². The molecule has 158 valence electrons. The molecule has 0 saturated carbocycles. The van der Waals surface area contributed by atoms with Crippen molar-refractivity contribution in [1.29, 1.82) is 0 Å². The lowest BCUT2D eigenvalue weighted by Gasteiger charge is -2.10. The van der Waals surface area contributed by atoms with Gasteiger partial charge in [0.25, 0.3) is 0 Å². The van der Waals surface area contributed by atoms with Crippen molar-refractivity contribution in [3.8, 4) is 0 Å². The first-order chi connectivity index (χ1) is 14.5. The molecule has 0 unspecified atom stereocenters. The van der Waals surface area contributed by atoms with Gasteiger partial charge in [0, 0.05) is 25.2 Å². The first-order valence-corrected chi connectivity index (χ1v) is 10.4. The summed E-state index contributed by atoms with van der Waals surface area (Å²) < 4.78 is 3.37. The molecule has 0 radical (unpaired) electrons. The normalized spacial score (nSPS) is 10.9. The second-order valence-corrected chi connectivity index (χ2v) is 7.16. The minimum absolute atomic E-state index is 0.108. The summed E-state index contributed by atoms with van der Waals surface area (Å²) in [5.41, 5.74) is 3.38. The Kier molecular flexibility index (Phi) is 7.06. The van der Waals surface area contributed by atoms with Crippen LogP contribution in [0.3, 0.4) is 0 Å². The van der Waals surface area contributed by atoms with Crippen LogP contribution in [0.4, 0.5) is 5.69 Å². The molecule has 2 amide bonds. The van der Waals surface area contributed by atoms with Crippen molar-refractivity contribution in [1.82, 2.24) is 14.5 Å². The Morgan fingerprint density at radius 1 is 0.867 bits per heavy atom. The average Bonchev–Trinajstić information content (AvgIpc) is 3.02. The number of benzene rings is 2. The highest BCUT2D eigenvalue weighted by atomic mass is 16.2. The Balaban J connectivity index is 1.58. The maximum Gasteiger partial charge on any atom is 0.329 e. The number of carbonyl (C=O) groups excluding carboxylic acids is 2. The molecule has 0 atom stereocenters. The maximum atomic E-state index is 12.8. The molecule has 3 rings (SSSR count). The van der Waals surface area contributed by atoms with E-state index in [1.165, 1.54) is 0 Å². The predicted octanol–water partition coefficient (Wildman–Crippen LogP) is 2.92. The van der Waals surface area contributed by atoms with Crippen LogP contribution in [0.5, 0.6) is 0 Å². The summed E-state index contributed by atoms with van der Waals surface area (Å²) in [6.45, 7) is 4.84. The fraction of sp³-hybridized carbons (Fsp3) is 0.348. The number of amides is 2. The van der Waals surface area contributed by atoms with E-state index >= 15 is 0 Å². The van der Waals surface area contributed by atoms with Crippen molar-refractivity contribution in [3.63, 3.8) is 0 Å². The summed E-state index contributed by atoms with van der Waals surface area (Å²) in [5, 5.41) is 5.47. The van der Waals surface area contributed by atoms with Crippen LogP contribution in [0.25, 0.3) is 11.0 Å². The van der Waals surface area contributed by atoms with Gasteiger partial charge in [-0.1, -0.05) is 44.2 Å². The number of nitrogens with zero attached hydrogens (tertiary/aromatic N) is 2. The summed E-state index contributed by atoms with van der Waals surface area (Å²) in [6.07, 6.45) is 1.78. The van der Waals surface area contributed by atoms with Crippen LogP contribution in [0.1, 0.15) is 32.3 Å². The van der Waals surface area contributed by atoms with E-state index in [0.717, 1.165) is 35.1 Å². The van der Waals surface area contributed by atoms with Gasteiger partial charge in [-0.2, -0.15) is 0 Å². The lowest BCUT2D eigenvalue weighted by molar-refractivity contribution is -0.124. The fourth-order valence-corrected chi connectivity index (χ4v) is 3.55. The Morgan fingerprint density at radius 3 is 2.17 bits per heavy atom. The van der Waals surface area contributed by atoms with Crippen LogP contribution >= 0.6 is 0 Å². The number of fused-ring (bicyclic) bond motifs is 1. The van der Waals surface area contributed by atoms with Gasteiger partial charge in [-0.15, -0.1) is 0 Å². The third kappa shape index (κ3) is 4.79. The number of hydrogen-bond donors (Lipinski definition) is 2. The van der Waals surface area contributed by atoms with Crippen LogP contribution in [0, 0.1) is 0 Å². The van der Waals surface area contributed by atoms with Gasteiger partial charge < -0.3 is 10.6 Å². The topological polar surface area (TPSA) is 85.1 Å². The summed E-state index contributed by atoms with van der Waals surface area (Å²) in [7, 11) is 0. The summed E-state index contributed by atoms with van der Waals surface area (Å²) >= 11 is 0. The number of aryl methyl sites for hydroxylation is 3. The minimum atomic E-state index is -0.277. The van der Waals surface area contributed by atoms with Crippen molar-refractivity contribution in [2.75, 3.05) is 11.9 Å². The molecule has 0 aliphatic heterocycles. The molecular formula is C23H28N4O3. The van der Waals surface area contributed by atoms with Crippen molar-refractivity contribution in [3.05, 3.63) is 64.6 Å². The predicted molar refractivity (Wildman–Crippen MR) is 119 cm³/mol. The molecule has 0 spiro atoms. The van der Waals surface area contributed by atoms with Crippen LogP contribution in [0.15, 0.2) is 53.3 Å². The number of carbonyl (C=O) groups is 2. The quantitative estimate of drug-likeness (QED) is 0.571. The zero-order chi connectivity index (χ0) is 21.5. The molecule has 1 aromatic heterocycles. The highest BCUT2D eigenvalue weighted by Crippen LogP contribution is 2.15. The SMILES string of the molecule is CCCn1c(=O)n(CCC(=O)NCC(=O)Nc2ccccc2CC)c2ccccc21. The Morgan fingerprint density at radius 2 is 1.50 bits per heavy atom. The molecule has 0 aliphatic carbocycles. The number of para-hydroxylation sites is 3. The molecule has 0 fully saturated rings. The number of hydrogen-bond acceptors (Lipinski definition) is 3. The second-order valence-electron chi connectivity index (χ2n) is 7.16.